The fraction of sp³-hybridized carbons (Fsp3) is 0. The van der Waals surface area contributed by atoms with Crippen molar-refractivity contribution in [2.75, 3.05) is 4.90 Å². The number of aromatic nitrogens is 1. The summed E-state index contributed by atoms with van der Waals surface area (Å²) in [6, 6.07) is 70.4. The molecule has 0 saturated heterocycles. The fourth-order valence-electron chi connectivity index (χ4n) is 9.04. The SMILES string of the molecule is c1ccc(-n2c3ccc(N(c4ccc5c(ccc6ccccc65)c4)c4cccc5oc6c7ccccc7ccc6c45)cc3c3ccc4ccccc4c32)cc1. The van der Waals surface area contributed by atoms with Crippen LogP contribution in [0.2, 0.25) is 0 Å². The highest BCUT2D eigenvalue weighted by atomic mass is 16.3. The lowest BCUT2D eigenvalue weighted by molar-refractivity contribution is 0.672. The number of nitrogens with zero attached hydrogens (tertiary/aromatic N) is 2. The van der Waals surface area contributed by atoms with Crippen LogP contribution in [0.15, 0.2) is 199 Å². The van der Waals surface area contributed by atoms with Crippen LogP contribution < -0.4 is 4.90 Å². The molecule has 0 atom stereocenters. The summed E-state index contributed by atoms with van der Waals surface area (Å²) in [5, 5.41) is 14.3. The number of fused-ring (bicyclic) bond motifs is 13. The van der Waals surface area contributed by atoms with E-state index in [0.717, 1.165) is 50.1 Å². The van der Waals surface area contributed by atoms with Crippen molar-refractivity contribution >= 4 is 104 Å². The van der Waals surface area contributed by atoms with E-state index in [0.29, 0.717) is 0 Å². The zero-order valence-corrected chi connectivity index (χ0v) is 29.8. The van der Waals surface area contributed by atoms with Gasteiger partial charge in [0.1, 0.15) is 11.2 Å². The van der Waals surface area contributed by atoms with E-state index in [1.54, 1.807) is 0 Å². The second-order valence-electron chi connectivity index (χ2n) is 14.5. The Labute approximate surface area is 316 Å². The Kier molecular flexibility index (Phi) is 6.34. The molecule has 0 unspecified atom stereocenters. The van der Waals surface area contributed by atoms with E-state index in [1.165, 1.54) is 59.5 Å². The van der Waals surface area contributed by atoms with E-state index < -0.39 is 0 Å². The summed E-state index contributed by atoms with van der Waals surface area (Å²) in [5.74, 6) is 0. The van der Waals surface area contributed by atoms with Gasteiger partial charge in [0.25, 0.3) is 0 Å². The first-order valence-electron chi connectivity index (χ1n) is 18.8. The molecule has 0 spiro atoms. The van der Waals surface area contributed by atoms with E-state index in [9.17, 15) is 0 Å². The second kappa shape index (κ2) is 11.6. The van der Waals surface area contributed by atoms with Crippen molar-refractivity contribution in [3.8, 4) is 5.69 Å². The fourth-order valence-corrected chi connectivity index (χ4v) is 9.04. The molecular formula is C52H32N2O. The highest BCUT2D eigenvalue weighted by molar-refractivity contribution is 6.22. The first-order chi connectivity index (χ1) is 27.3. The van der Waals surface area contributed by atoms with Gasteiger partial charge in [0.15, 0.2) is 0 Å². The Morgan fingerprint density at radius 3 is 1.82 bits per heavy atom. The first-order valence-corrected chi connectivity index (χ1v) is 18.8. The van der Waals surface area contributed by atoms with Crippen molar-refractivity contribution < 1.29 is 4.42 Å². The van der Waals surface area contributed by atoms with Crippen LogP contribution in [0.4, 0.5) is 17.1 Å². The average molecular weight is 701 g/mol. The molecule has 0 aliphatic heterocycles. The van der Waals surface area contributed by atoms with E-state index in [2.05, 4.69) is 204 Å². The lowest BCUT2D eigenvalue weighted by Crippen LogP contribution is -2.10. The minimum Gasteiger partial charge on any atom is -0.455 e. The van der Waals surface area contributed by atoms with Crippen LogP contribution in [-0.2, 0) is 0 Å². The van der Waals surface area contributed by atoms with Gasteiger partial charge in [-0.2, -0.15) is 0 Å². The summed E-state index contributed by atoms with van der Waals surface area (Å²) in [6.07, 6.45) is 0. The van der Waals surface area contributed by atoms with E-state index in [1.807, 2.05) is 0 Å². The van der Waals surface area contributed by atoms with Crippen LogP contribution in [0.25, 0.3) is 92.5 Å². The molecule has 0 aliphatic carbocycles. The third kappa shape index (κ3) is 4.44. The third-order valence-corrected chi connectivity index (χ3v) is 11.5. The van der Waals surface area contributed by atoms with Crippen molar-refractivity contribution in [2.45, 2.75) is 0 Å². The standard InChI is InChI=1S/C52H32N2O/c1-2-14-37(15-3-1)54-47-30-26-39(32-46(47)44-27-23-34-12-5-8-17-42(34)51(44)54)53(38-25-29-41-36(31-38)22-21-33-11-4-7-16-40(33)41)48-19-10-20-49-50(48)45-28-24-35-13-6-9-18-43(35)52(45)55-49/h1-32H. The molecule has 3 nitrogen and oxygen atoms in total. The van der Waals surface area contributed by atoms with Crippen LogP contribution in [0.3, 0.4) is 0 Å². The molecular weight excluding hydrogens is 669 g/mol. The largest absolute Gasteiger partial charge is 0.455 e. The molecule has 0 amide bonds. The summed E-state index contributed by atoms with van der Waals surface area (Å²) < 4.78 is 9.17. The predicted octanol–water partition coefficient (Wildman–Crippen LogP) is 14.8. The van der Waals surface area contributed by atoms with Crippen LogP contribution >= 0.6 is 0 Å². The van der Waals surface area contributed by atoms with Gasteiger partial charge in [-0.3, -0.25) is 0 Å². The minimum absolute atomic E-state index is 0.869. The molecule has 10 aromatic carbocycles. The molecule has 12 rings (SSSR count). The Bertz CT molecular complexity index is 3500. The maximum absolute atomic E-state index is 6.74. The van der Waals surface area contributed by atoms with Crippen molar-refractivity contribution in [2.24, 2.45) is 0 Å². The molecule has 0 aliphatic rings. The smallest absolute Gasteiger partial charge is 0.143 e. The molecule has 12 aromatic rings. The molecule has 0 saturated carbocycles. The van der Waals surface area contributed by atoms with E-state index >= 15 is 0 Å². The zero-order valence-electron chi connectivity index (χ0n) is 29.8. The molecule has 3 heteroatoms. The average Bonchev–Trinajstić information content (AvgIpc) is 3.81. The van der Waals surface area contributed by atoms with Gasteiger partial charge in [0.05, 0.1) is 22.1 Å². The molecule has 2 heterocycles. The van der Waals surface area contributed by atoms with Crippen LogP contribution in [0, 0.1) is 0 Å². The predicted molar refractivity (Wildman–Crippen MR) is 233 cm³/mol. The number of furan rings is 1. The molecule has 2 aromatic heterocycles. The van der Waals surface area contributed by atoms with Gasteiger partial charge in [0, 0.05) is 44.0 Å². The van der Waals surface area contributed by atoms with Crippen LogP contribution in [-0.4, -0.2) is 4.57 Å². The number of hydrogen-bond acceptors (Lipinski definition) is 2. The number of benzene rings is 10. The Morgan fingerprint density at radius 1 is 0.382 bits per heavy atom. The molecule has 0 N–H and O–H groups in total. The maximum Gasteiger partial charge on any atom is 0.143 e. The molecule has 55 heavy (non-hydrogen) atoms. The molecule has 0 fully saturated rings. The molecule has 0 radical (unpaired) electrons. The zero-order chi connectivity index (χ0) is 36.0. The summed E-state index contributed by atoms with van der Waals surface area (Å²) in [6.45, 7) is 0. The summed E-state index contributed by atoms with van der Waals surface area (Å²) in [5.41, 5.74) is 8.56. The Hall–Kier alpha value is -7.36. The van der Waals surface area contributed by atoms with Crippen molar-refractivity contribution in [1.29, 1.82) is 0 Å². The first kappa shape index (κ1) is 30.1. The van der Waals surface area contributed by atoms with Crippen molar-refractivity contribution in [1.82, 2.24) is 4.57 Å². The van der Waals surface area contributed by atoms with Gasteiger partial charge in [-0.25, -0.2) is 0 Å². The monoisotopic (exact) mass is 700 g/mol. The summed E-state index contributed by atoms with van der Waals surface area (Å²) in [7, 11) is 0. The minimum atomic E-state index is 0.869. The van der Waals surface area contributed by atoms with Gasteiger partial charge < -0.3 is 13.9 Å². The maximum atomic E-state index is 6.74. The van der Waals surface area contributed by atoms with Gasteiger partial charge in [-0.05, 0) is 93.0 Å². The van der Waals surface area contributed by atoms with Crippen molar-refractivity contribution in [3.05, 3.63) is 194 Å². The number of hydrogen-bond donors (Lipinski definition) is 0. The molecule has 256 valence electrons. The Morgan fingerprint density at radius 2 is 0.982 bits per heavy atom. The van der Waals surface area contributed by atoms with Gasteiger partial charge in [0.2, 0.25) is 0 Å². The lowest BCUT2D eigenvalue weighted by atomic mass is 10.0. The quantitative estimate of drug-likeness (QED) is 0.170. The van der Waals surface area contributed by atoms with Crippen LogP contribution in [0.1, 0.15) is 0 Å². The van der Waals surface area contributed by atoms with Gasteiger partial charge in [-0.15, -0.1) is 0 Å². The Balaban J connectivity index is 1.17. The lowest BCUT2D eigenvalue weighted by Gasteiger charge is -2.27. The van der Waals surface area contributed by atoms with Gasteiger partial charge >= 0.3 is 0 Å². The van der Waals surface area contributed by atoms with Crippen molar-refractivity contribution in [3.63, 3.8) is 0 Å². The topological polar surface area (TPSA) is 21.3 Å². The van der Waals surface area contributed by atoms with E-state index in [4.69, 9.17) is 4.42 Å². The highest BCUT2D eigenvalue weighted by Crippen LogP contribution is 2.47. The number of anilines is 3. The van der Waals surface area contributed by atoms with E-state index in [-0.39, 0.29) is 0 Å². The summed E-state index contributed by atoms with van der Waals surface area (Å²) >= 11 is 0. The van der Waals surface area contributed by atoms with Crippen LogP contribution in [0.5, 0.6) is 0 Å². The molecule has 0 bridgehead atoms. The summed E-state index contributed by atoms with van der Waals surface area (Å²) in [4.78, 5) is 2.42. The normalized spacial score (nSPS) is 12.0. The van der Waals surface area contributed by atoms with Gasteiger partial charge in [-0.1, -0.05) is 133 Å². The number of para-hydroxylation sites is 1. The second-order valence-corrected chi connectivity index (χ2v) is 14.5. The highest BCUT2D eigenvalue weighted by Gasteiger charge is 2.23. The third-order valence-electron chi connectivity index (χ3n) is 11.5. The number of rotatable bonds is 4.